The largest absolute Gasteiger partial charge is 0.480 e. The van der Waals surface area contributed by atoms with Gasteiger partial charge < -0.3 is 10.0 Å². The van der Waals surface area contributed by atoms with E-state index in [-0.39, 0.29) is 5.91 Å². The van der Waals surface area contributed by atoms with Gasteiger partial charge in [-0.15, -0.1) is 11.3 Å². The first-order valence-corrected chi connectivity index (χ1v) is 8.55. The number of amides is 1. The van der Waals surface area contributed by atoms with Gasteiger partial charge in [-0.3, -0.25) is 4.79 Å². The third-order valence-corrected chi connectivity index (χ3v) is 5.24. The summed E-state index contributed by atoms with van der Waals surface area (Å²) in [4.78, 5) is 27.5. The Labute approximate surface area is 129 Å². The maximum Gasteiger partial charge on any atom is 0.326 e. The highest BCUT2D eigenvalue weighted by Gasteiger charge is 2.33. The number of carbonyl (C=O) groups is 2. The smallest absolute Gasteiger partial charge is 0.326 e. The summed E-state index contributed by atoms with van der Waals surface area (Å²) in [5, 5.41) is 9.30. The van der Waals surface area contributed by atoms with Crippen LogP contribution in [0.1, 0.15) is 59.6 Å². The molecule has 5 heteroatoms. The van der Waals surface area contributed by atoms with Gasteiger partial charge in [0.25, 0.3) is 5.91 Å². The number of carboxylic acids is 1. The van der Waals surface area contributed by atoms with Gasteiger partial charge in [0.2, 0.25) is 0 Å². The highest BCUT2D eigenvalue weighted by molar-refractivity contribution is 7.14. The Morgan fingerprint density at radius 1 is 1.38 bits per heavy atom. The fourth-order valence-electron chi connectivity index (χ4n) is 2.88. The third-order valence-electron chi connectivity index (χ3n) is 4.01. The van der Waals surface area contributed by atoms with Gasteiger partial charge in [0.1, 0.15) is 6.04 Å². The average molecular weight is 309 g/mol. The zero-order chi connectivity index (χ0) is 15.4. The molecule has 0 aromatic carbocycles. The lowest BCUT2D eigenvalue weighted by atomic mass is 10.0. The maximum absolute atomic E-state index is 12.7. The van der Waals surface area contributed by atoms with E-state index in [0.717, 1.165) is 32.1 Å². The molecule has 1 saturated heterocycles. The molecule has 1 aromatic rings. The van der Waals surface area contributed by atoms with Gasteiger partial charge in [-0.1, -0.05) is 20.3 Å². The molecule has 1 amide bonds. The molecule has 2 rings (SSSR count). The fourth-order valence-corrected chi connectivity index (χ4v) is 4.19. The number of likely N-dealkylation sites (tertiary alicyclic amines) is 1. The predicted molar refractivity (Wildman–Crippen MR) is 84.0 cm³/mol. The first-order chi connectivity index (χ1) is 10.1. The van der Waals surface area contributed by atoms with Crippen LogP contribution in [0.2, 0.25) is 0 Å². The Bertz CT molecular complexity index is 524. The number of aryl methyl sites for hydroxylation is 2. The van der Waals surface area contributed by atoms with E-state index < -0.39 is 12.0 Å². The molecular formula is C16H23NO3S. The molecule has 1 aromatic heterocycles. The van der Waals surface area contributed by atoms with Gasteiger partial charge in [0.05, 0.1) is 4.88 Å². The molecule has 1 atom stereocenters. The van der Waals surface area contributed by atoms with E-state index in [1.165, 1.54) is 10.4 Å². The Kier molecular flexibility index (Phi) is 5.39. The minimum Gasteiger partial charge on any atom is -0.480 e. The van der Waals surface area contributed by atoms with E-state index in [1.54, 1.807) is 16.2 Å². The zero-order valence-electron chi connectivity index (χ0n) is 12.7. The van der Waals surface area contributed by atoms with Gasteiger partial charge in [0, 0.05) is 11.4 Å². The van der Waals surface area contributed by atoms with Crippen molar-refractivity contribution in [2.75, 3.05) is 6.54 Å². The van der Waals surface area contributed by atoms with Crippen LogP contribution in [0.25, 0.3) is 0 Å². The molecule has 1 unspecified atom stereocenters. The van der Waals surface area contributed by atoms with Gasteiger partial charge in [0.15, 0.2) is 0 Å². The first kappa shape index (κ1) is 16.0. The quantitative estimate of drug-likeness (QED) is 0.907. The lowest BCUT2D eigenvalue weighted by molar-refractivity contribution is -0.143. The molecule has 0 radical (unpaired) electrons. The molecule has 4 nitrogen and oxygen atoms in total. The van der Waals surface area contributed by atoms with E-state index in [4.69, 9.17) is 0 Å². The van der Waals surface area contributed by atoms with Crippen molar-refractivity contribution in [1.29, 1.82) is 0 Å². The van der Waals surface area contributed by atoms with Gasteiger partial charge in [-0.05, 0) is 43.7 Å². The third kappa shape index (κ3) is 3.46. The number of hydrogen-bond acceptors (Lipinski definition) is 3. The number of carboxylic acid groups (broad SMARTS) is 1. The lowest BCUT2D eigenvalue weighted by Crippen LogP contribution is -2.47. The van der Waals surface area contributed by atoms with Crippen LogP contribution in [0.15, 0.2) is 6.07 Å². The van der Waals surface area contributed by atoms with Crippen LogP contribution in [0.3, 0.4) is 0 Å². The van der Waals surface area contributed by atoms with E-state index in [9.17, 15) is 14.7 Å². The molecule has 1 fully saturated rings. The normalized spacial score (nSPS) is 18.8. The van der Waals surface area contributed by atoms with E-state index >= 15 is 0 Å². The molecule has 0 spiro atoms. The molecule has 0 bridgehead atoms. The van der Waals surface area contributed by atoms with Gasteiger partial charge in [-0.25, -0.2) is 4.79 Å². The predicted octanol–water partition coefficient (Wildman–Crippen LogP) is 3.34. The van der Waals surface area contributed by atoms with Crippen molar-refractivity contribution in [3.05, 3.63) is 21.4 Å². The second kappa shape index (κ2) is 7.07. The highest BCUT2D eigenvalue weighted by atomic mass is 32.1. The van der Waals surface area contributed by atoms with Crippen molar-refractivity contribution in [2.24, 2.45) is 0 Å². The highest BCUT2D eigenvalue weighted by Crippen LogP contribution is 2.28. The Hall–Kier alpha value is -1.36. The van der Waals surface area contributed by atoms with Crippen molar-refractivity contribution < 1.29 is 14.7 Å². The topological polar surface area (TPSA) is 57.6 Å². The number of carbonyl (C=O) groups excluding carboxylic acids is 1. The number of rotatable bonds is 5. The molecule has 1 aliphatic heterocycles. The number of nitrogens with zero attached hydrogens (tertiary/aromatic N) is 1. The Morgan fingerprint density at radius 3 is 2.76 bits per heavy atom. The van der Waals surface area contributed by atoms with Crippen LogP contribution in [0.4, 0.5) is 0 Å². The summed E-state index contributed by atoms with van der Waals surface area (Å²) in [6.07, 6.45) is 5.30. The first-order valence-electron chi connectivity index (χ1n) is 7.73. The SMILES string of the molecule is CCCc1sc(C(=O)N2CCCCC2C(=O)O)cc1CC. The van der Waals surface area contributed by atoms with E-state index in [1.807, 2.05) is 6.07 Å². The molecule has 2 heterocycles. The minimum absolute atomic E-state index is 0.107. The van der Waals surface area contributed by atoms with E-state index in [2.05, 4.69) is 13.8 Å². The van der Waals surface area contributed by atoms with Crippen LogP contribution in [-0.2, 0) is 17.6 Å². The summed E-state index contributed by atoms with van der Waals surface area (Å²) in [6.45, 7) is 4.78. The molecule has 116 valence electrons. The zero-order valence-corrected chi connectivity index (χ0v) is 13.5. The summed E-state index contributed by atoms with van der Waals surface area (Å²) < 4.78 is 0. The van der Waals surface area contributed by atoms with Crippen LogP contribution in [0.5, 0.6) is 0 Å². The van der Waals surface area contributed by atoms with Gasteiger partial charge in [-0.2, -0.15) is 0 Å². The monoisotopic (exact) mass is 309 g/mol. The number of piperidine rings is 1. The Balaban J connectivity index is 2.23. The number of hydrogen-bond donors (Lipinski definition) is 1. The second-order valence-electron chi connectivity index (χ2n) is 5.51. The lowest BCUT2D eigenvalue weighted by Gasteiger charge is -2.32. The fraction of sp³-hybridized carbons (Fsp3) is 0.625. The van der Waals surface area contributed by atoms with Crippen LogP contribution in [0, 0.1) is 0 Å². The molecule has 1 N–H and O–H groups in total. The standard InChI is InChI=1S/C16H23NO3S/c1-3-7-13-11(4-2)10-14(21-13)15(18)17-9-6-5-8-12(17)16(19)20/h10,12H,3-9H2,1-2H3,(H,19,20). The molecule has 1 aliphatic rings. The van der Waals surface area contributed by atoms with Crippen molar-refractivity contribution in [3.8, 4) is 0 Å². The number of thiophene rings is 1. The molecule has 0 saturated carbocycles. The van der Waals surface area contributed by atoms with Crippen LogP contribution in [-0.4, -0.2) is 34.5 Å². The molecule has 0 aliphatic carbocycles. The van der Waals surface area contributed by atoms with Crippen molar-refractivity contribution in [3.63, 3.8) is 0 Å². The summed E-state index contributed by atoms with van der Waals surface area (Å²) in [5.74, 6) is -0.992. The maximum atomic E-state index is 12.7. The van der Waals surface area contributed by atoms with Crippen LogP contribution >= 0.6 is 11.3 Å². The van der Waals surface area contributed by atoms with Crippen molar-refractivity contribution >= 4 is 23.2 Å². The van der Waals surface area contributed by atoms with Gasteiger partial charge >= 0.3 is 5.97 Å². The van der Waals surface area contributed by atoms with Crippen LogP contribution < -0.4 is 0 Å². The molecule has 21 heavy (non-hydrogen) atoms. The average Bonchev–Trinajstić information content (AvgIpc) is 2.90. The van der Waals surface area contributed by atoms with E-state index in [0.29, 0.717) is 17.8 Å². The summed E-state index contributed by atoms with van der Waals surface area (Å²) in [6, 6.07) is 1.30. The molecular weight excluding hydrogens is 286 g/mol. The minimum atomic E-state index is -0.885. The summed E-state index contributed by atoms with van der Waals surface area (Å²) in [7, 11) is 0. The summed E-state index contributed by atoms with van der Waals surface area (Å²) in [5.41, 5.74) is 1.23. The van der Waals surface area contributed by atoms with Crippen molar-refractivity contribution in [1.82, 2.24) is 4.90 Å². The Morgan fingerprint density at radius 2 is 2.14 bits per heavy atom. The summed E-state index contributed by atoms with van der Waals surface area (Å²) >= 11 is 1.54. The number of aliphatic carboxylic acids is 1. The second-order valence-corrected chi connectivity index (χ2v) is 6.65. The van der Waals surface area contributed by atoms with Crippen molar-refractivity contribution in [2.45, 2.75) is 58.4 Å².